The van der Waals surface area contributed by atoms with Crippen molar-refractivity contribution in [2.24, 2.45) is 0 Å². The van der Waals surface area contributed by atoms with Crippen LogP contribution >= 0.6 is 0 Å². The summed E-state index contributed by atoms with van der Waals surface area (Å²) in [6, 6.07) is 0. The van der Waals surface area contributed by atoms with Gasteiger partial charge < -0.3 is 24.8 Å². The molecule has 2 aliphatic rings. The normalized spacial score (nSPS) is 15.8. The van der Waals surface area contributed by atoms with Gasteiger partial charge in [0.05, 0.1) is 0 Å². The van der Waals surface area contributed by atoms with Gasteiger partial charge in [0.1, 0.15) is 0 Å². The summed E-state index contributed by atoms with van der Waals surface area (Å²) in [6.07, 6.45) is 12.6. The molecule has 0 fully saturated rings. The Kier molecular flexibility index (Phi) is 14.7. The van der Waals surface area contributed by atoms with Crippen molar-refractivity contribution in [1.82, 2.24) is 0 Å². The fourth-order valence-electron chi connectivity index (χ4n) is 1.27. The van der Waals surface area contributed by atoms with E-state index in [0.29, 0.717) is 0 Å². The Morgan fingerprint density at radius 1 is 0.765 bits per heavy atom. The number of allylic oxidation sites excluding steroid dienone is 8. The maximum absolute atomic E-state index is 3.12. The van der Waals surface area contributed by atoms with Crippen molar-refractivity contribution in [3.63, 3.8) is 0 Å². The van der Waals surface area contributed by atoms with Gasteiger partial charge in [0.15, 0.2) is 0 Å². The third kappa shape index (κ3) is 7.94. The number of hydrogen-bond acceptors (Lipinski definition) is 0. The van der Waals surface area contributed by atoms with E-state index in [4.69, 9.17) is 0 Å². The molecular weight excluding hydrogens is 290 g/mol. The van der Waals surface area contributed by atoms with E-state index in [1.807, 2.05) is 0 Å². The van der Waals surface area contributed by atoms with Crippen LogP contribution in [-0.2, 0) is 18.6 Å². The van der Waals surface area contributed by atoms with Crippen LogP contribution in [0, 0.1) is 12.2 Å². The van der Waals surface area contributed by atoms with Crippen LogP contribution in [0.1, 0.15) is 40.5 Å². The molecule has 0 spiro atoms. The van der Waals surface area contributed by atoms with Crippen LogP contribution in [0.15, 0.2) is 34.4 Å². The van der Waals surface area contributed by atoms with Gasteiger partial charge in [-0.3, -0.25) is 12.2 Å². The predicted octanol–water partition coefficient (Wildman–Crippen LogP) is -1.82. The Balaban J connectivity index is -0.000000196. The molecule has 0 nitrogen and oxygen atoms in total. The largest absolute Gasteiger partial charge is 4.00 e. The standard InChI is InChI=1S/2C7H9.2ClH.V/c2*1-6-4-3-5-7(6)2;;;/h2*3H,4H2,1-2H3;2*1H;/q2*-1;;;+4/p-2. The van der Waals surface area contributed by atoms with Gasteiger partial charge in [0.2, 0.25) is 0 Å². The third-order valence-corrected chi connectivity index (χ3v) is 2.73. The van der Waals surface area contributed by atoms with Crippen LogP contribution in [0.3, 0.4) is 0 Å². The summed E-state index contributed by atoms with van der Waals surface area (Å²) >= 11 is 0. The van der Waals surface area contributed by atoms with E-state index in [-0.39, 0.29) is 43.4 Å². The monoisotopic (exact) mass is 307 g/mol. The molecule has 0 unspecified atom stereocenters. The van der Waals surface area contributed by atoms with Crippen molar-refractivity contribution in [3.05, 3.63) is 46.6 Å². The molecule has 2 aliphatic carbocycles. The van der Waals surface area contributed by atoms with Gasteiger partial charge in [-0.25, -0.2) is 22.3 Å². The molecule has 1 radical (unpaired) electrons. The van der Waals surface area contributed by atoms with E-state index < -0.39 is 0 Å². The molecule has 0 heterocycles. The van der Waals surface area contributed by atoms with Crippen molar-refractivity contribution in [1.29, 1.82) is 0 Å². The topological polar surface area (TPSA) is 0 Å². The molecule has 0 bridgehead atoms. The summed E-state index contributed by atoms with van der Waals surface area (Å²) in [5, 5.41) is 0. The van der Waals surface area contributed by atoms with Crippen molar-refractivity contribution in [2.75, 3.05) is 0 Å². The van der Waals surface area contributed by atoms with Crippen LogP contribution in [-0.4, -0.2) is 0 Å². The quantitative estimate of drug-likeness (QED) is 0.462. The molecule has 17 heavy (non-hydrogen) atoms. The minimum atomic E-state index is 0. The summed E-state index contributed by atoms with van der Waals surface area (Å²) < 4.78 is 0. The number of halogens is 2. The Bertz CT molecular complexity index is 302. The Labute approximate surface area is 130 Å². The zero-order chi connectivity index (χ0) is 10.6. The van der Waals surface area contributed by atoms with Crippen LogP contribution in [0.5, 0.6) is 0 Å². The molecule has 0 aliphatic heterocycles. The predicted molar refractivity (Wildman–Crippen MR) is 61.6 cm³/mol. The van der Waals surface area contributed by atoms with Gasteiger partial charge in [-0.2, -0.15) is 12.2 Å². The first-order valence-electron chi connectivity index (χ1n) is 5.10. The van der Waals surface area contributed by atoms with Gasteiger partial charge in [-0.1, -0.05) is 26.7 Å². The molecule has 0 N–H and O–H groups in total. The van der Waals surface area contributed by atoms with Crippen LogP contribution in [0.25, 0.3) is 0 Å². The smallest absolute Gasteiger partial charge is 1.00 e. The van der Waals surface area contributed by atoms with Gasteiger partial charge in [0, 0.05) is 0 Å². The maximum atomic E-state index is 3.12. The summed E-state index contributed by atoms with van der Waals surface area (Å²) in [5.74, 6) is 0. The fourth-order valence-corrected chi connectivity index (χ4v) is 1.27. The van der Waals surface area contributed by atoms with Crippen LogP contribution in [0.2, 0.25) is 0 Å². The summed E-state index contributed by atoms with van der Waals surface area (Å²) in [4.78, 5) is 0. The second-order valence-corrected chi connectivity index (χ2v) is 3.92. The first-order valence-corrected chi connectivity index (χ1v) is 5.10. The molecule has 0 aromatic heterocycles. The molecule has 2 rings (SSSR count). The van der Waals surface area contributed by atoms with Gasteiger partial charge in [0.25, 0.3) is 0 Å². The Morgan fingerprint density at radius 3 is 1.12 bits per heavy atom. The number of hydrogen-bond donors (Lipinski definition) is 0. The Hall–Kier alpha value is 0.124. The van der Waals surface area contributed by atoms with E-state index in [1.165, 1.54) is 22.3 Å². The molecule has 93 valence electrons. The average Bonchev–Trinajstić information content (AvgIpc) is 2.67. The molecule has 0 aromatic carbocycles. The van der Waals surface area contributed by atoms with Crippen molar-refractivity contribution < 1.29 is 43.4 Å². The average molecular weight is 308 g/mol. The van der Waals surface area contributed by atoms with E-state index in [0.717, 1.165) is 12.8 Å². The fraction of sp³-hybridized carbons (Fsp3) is 0.429. The van der Waals surface area contributed by atoms with Gasteiger partial charge >= 0.3 is 18.6 Å². The van der Waals surface area contributed by atoms with Crippen LogP contribution in [0.4, 0.5) is 0 Å². The molecule has 0 amide bonds. The summed E-state index contributed by atoms with van der Waals surface area (Å²) in [5.41, 5.74) is 5.56. The van der Waals surface area contributed by atoms with Crippen LogP contribution < -0.4 is 24.8 Å². The zero-order valence-electron chi connectivity index (χ0n) is 10.8. The van der Waals surface area contributed by atoms with Gasteiger partial charge in [-0.15, -0.1) is 13.8 Å². The summed E-state index contributed by atoms with van der Waals surface area (Å²) in [7, 11) is 0. The minimum Gasteiger partial charge on any atom is -1.00 e. The van der Waals surface area contributed by atoms with E-state index in [1.54, 1.807) is 0 Å². The van der Waals surface area contributed by atoms with E-state index >= 15 is 0 Å². The van der Waals surface area contributed by atoms with Gasteiger partial charge in [-0.05, 0) is 0 Å². The van der Waals surface area contributed by atoms with Crippen molar-refractivity contribution in [3.8, 4) is 0 Å². The molecule has 0 saturated carbocycles. The first-order chi connectivity index (χ1) is 6.61. The molecule has 0 atom stereocenters. The van der Waals surface area contributed by atoms with Crippen molar-refractivity contribution in [2.45, 2.75) is 40.5 Å². The first kappa shape index (κ1) is 22.3. The van der Waals surface area contributed by atoms with E-state index in [9.17, 15) is 0 Å². The van der Waals surface area contributed by atoms with E-state index in [2.05, 4.69) is 52.0 Å². The molecule has 0 aromatic rings. The maximum Gasteiger partial charge on any atom is 4.00 e. The SMILES string of the molecule is CC1=C(C)CC=[C-]1.CC1=C(C)CC=[C-]1.[Cl-].[Cl-].[V+4]. The number of rotatable bonds is 0. The zero-order valence-corrected chi connectivity index (χ0v) is 13.7. The second kappa shape index (κ2) is 11.2. The molecule has 0 saturated heterocycles. The molecular formula is C14H18Cl2V. The minimum absolute atomic E-state index is 0. The molecule has 3 heteroatoms. The van der Waals surface area contributed by atoms with Crippen molar-refractivity contribution >= 4 is 0 Å². The Morgan fingerprint density at radius 2 is 1.06 bits per heavy atom. The third-order valence-electron chi connectivity index (χ3n) is 2.73. The second-order valence-electron chi connectivity index (χ2n) is 3.92. The summed E-state index contributed by atoms with van der Waals surface area (Å²) in [6.45, 7) is 8.48.